The molecule has 0 bridgehead atoms. The highest BCUT2D eigenvalue weighted by Crippen LogP contribution is 2.13. The van der Waals surface area contributed by atoms with Crippen LogP contribution in [0.2, 0.25) is 5.15 Å². The van der Waals surface area contributed by atoms with Gasteiger partial charge in [-0.1, -0.05) is 22.9 Å². The minimum absolute atomic E-state index is 0. The molecule has 0 aromatic carbocycles. The number of thiazole rings is 1. The summed E-state index contributed by atoms with van der Waals surface area (Å²) < 4.78 is 1.94. The summed E-state index contributed by atoms with van der Waals surface area (Å²) in [6.45, 7) is 2.00. The molecule has 0 atom stereocenters. The maximum Gasteiger partial charge on any atom is 0.337 e. The molecule has 0 aliphatic rings. The lowest BCUT2D eigenvalue weighted by Gasteiger charge is -1.98. The summed E-state index contributed by atoms with van der Waals surface area (Å²) in [5.74, 6) is 0. The fraction of sp³-hybridized carbons (Fsp3) is 0.111. The molecular weight excluding hydrogens is 253 g/mol. The van der Waals surface area contributed by atoms with E-state index in [1.54, 1.807) is 12.3 Å². The zero-order valence-corrected chi connectivity index (χ0v) is 10.3. The summed E-state index contributed by atoms with van der Waals surface area (Å²) >= 11 is 7.21. The smallest absolute Gasteiger partial charge is 0.337 e. The number of hydrogen-bond acceptors (Lipinski definition) is 3. The SMILES string of the molecule is Cc1csc(N)[n+]1-c1ccc(Cl)nc1.[Cl-]. The van der Waals surface area contributed by atoms with E-state index in [-0.39, 0.29) is 12.4 Å². The van der Waals surface area contributed by atoms with E-state index in [4.69, 9.17) is 17.3 Å². The van der Waals surface area contributed by atoms with Crippen molar-refractivity contribution in [1.29, 1.82) is 0 Å². The van der Waals surface area contributed by atoms with E-state index in [1.807, 2.05) is 22.9 Å². The van der Waals surface area contributed by atoms with Crippen LogP contribution in [0.25, 0.3) is 5.69 Å². The van der Waals surface area contributed by atoms with Crippen LogP contribution in [0.1, 0.15) is 5.69 Å². The monoisotopic (exact) mass is 261 g/mol. The Bertz CT molecular complexity index is 433. The highest BCUT2D eigenvalue weighted by atomic mass is 35.5. The number of pyridine rings is 1. The zero-order chi connectivity index (χ0) is 10.1. The molecule has 0 aliphatic heterocycles. The van der Waals surface area contributed by atoms with Crippen LogP contribution in [-0.4, -0.2) is 4.98 Å². The van der Waals surface area contributed by atoms with Crippen molar-refractivity contribution in [3.05, 3.63) is 34.6 Å². The Kier molecular flexibility index (Phi) is 3.90. The number of nitrogen functional groups attached to an aromatic ring is 1. The van der Waals surface area contributed by atoms with E-state index in [2.05, 4.69) is 4.98 Å². The number of halogens is 2. The van der Waals surface area contributed by atoms with Crippen LogP contribution in [0.5, 0.6) is 0 Å². The van der Waals surface area contributed by atoms with Crippen LogP contribution in [0.3, 0.4) is 0 Å². The first kappa shape index (κ1) is 12.2. The maximum absolute atomic E-state index is 5.83. The maximum atomic E-state index is 5.83. The van der Waals surface area contributed by atoms with Gasteiger partial charge in [0.15, 0.2) is 5.69 Å². The van der Waals surface area contributed by atoms with Crippen LogP contribution < -0.4 is 22.7 Å². The van der Waals surface area contributed by atoms with Crippen molar-refractivity contribution in [1.82, 2.24) is 4.98 Å². The fourth-order valence-electron chi connectivity index (χ4n) is 1.26. The minimum atomic E-state index is 0. The molecule has 2 rings (SSSR count). The lowest BCUT2D eigenvalue weighted by Crippen LogP contribution is -3.00. The Morgan fingerprint density at radius 2 is 2.20 bits per heavy atom. The topological polar surface area (TPSA) is 42.8 Å². The molecule has 0 aliphatic carbocycles. The second kappa shape index (κ2) is 4.79. The summed E-state index contributed by atoms with van der Waals surface area (Å²) in [5, 5.41) is 3.23. The third kappa shape index (κ3) is 2.40. The third-order valence-corrected chi connectivity index (χ3v) is 3.00. The largest absolute Gasteiger partial charge is 1.00 e. The average Bonchev–Trinajstić information content (AvgIpc) is 2.49. The highest BCUT2D eigenvalue weighted by Gasteiger charge is 2.13. The molecule has 6 heteroatoms. The van der Waals surface area contributed by atoms with E-state index in [0.29, 0.717) is 5.15 Å². The van der Waals surface area contributed by atoms with E-state index in [9.17, 15) is 0 Å². The summed E-state index contributed by atoms with van der Waals surface area (Å²) in [6.07, 6.45) is 1.71. The second-order valence-electron chi connectivity index (χ2n) is 2.89. The predicted molar refractivity (Wildman–Crippen MR) is 57.8 cm³/mol. The summed E-state index contributed by atoms with van der Waals surface area (Å²) in [7, 11) is 0. The molecule has 2 aromatic rings. The van der Waals surface area contributed by atoms with Crippen molar-refractivity contribution in [2.45, 2.75) is 6.92 Å². The number of nitrogens with zero attached hydrogens (tertiary/aromatic N) is 2. The summed E-state index contributed by atoms with van der Waals surface area (Å²) in [4.78, 5) is 4.01. The van der Waals surface area contributed by atoms with Crippen molar-refractivity contribution in [3.63, 3.8) is 0 Å². The molecule has 2 N–H and O–H groups in total. The Labute approximate surface area is 103 Å². The molecule has 80 valence electrons. The van der Waals surface area contributed by atoms with Gasteiger partial charge in [0.2, 0.25) is 0 Å². The molecule has 0 unspecified atom stereocenters. The van der Waals surface area contributed by atoms with Crippen molar-refractivity contribution < 1.29 is 17.0 Å². The lowest BCUT2D eigenvalue weighted by molar-refractivity contribution is -0.582. The molecule has 2 aromatic heterocycles. The number of nitrogens with two attached hydrogens (primary N) is 1. The molecule has 0 fully saturated rings. The van der Waals surface area contributed by atoms with Gasteiger partial charge in [0, 0.05) is 5.38 Å². The van der Waals surface area contributed by atoms with Gasteiger partial charge in [0.1, 0.15) is 10.8 Å². The summed E-state index contributed by atoms with van der Waals surface area (Å²) in [5.41, 5.74) is 7.86. The van der Waals surface area contributed by atoms with Crippen LogP contribution in [0.15, 0.2) is 23.7 Å². The van der Waals surface area contributed by atoms with Gasteiger partial charge in [-0.05, 0) is 19.1 Å². The van der Waals surface area contributed by atoms with Gasteiger partial charge < -0.3 is 12.4 Å². The van der Waals surface area contributed by atoms with Crippen molar-refractivity contribution in [2.75, 3.05) is 5.73 Å². The van der Waals surface area contributed by atoms with Crippen LogP contribution in [0.4, 0.5) is 5.13 Å². The third-order valence-electron chi connectivity index (χ3n) is 1.89. The van der Waals surface area contributed by atoms with E-state index in [0.717, 1.165) is 16.5 Å². The van der Waals surface area contributed by atoms with E-state index < -0.39 is 0 Å². The lowest BCUT2D eigenvalue weighted by atomic mass is 10.4. The number of aryl methyl sites for hydroxylation is 1. The predicted octanol–water partition coefficient (Wildman–Crippen LogP) is -1.03. The standard InChI is InChI=1S/C9H8ClN3S.ClH/c1-6-5-14-9(11)13(6)7-2-3-8(10)12-4-7;/h2-5,11H,1H3;1H. The van der Waals surface area contributed by atoms with Crippen molar-refractivity contribution in [3.8, 4) is 5.69 Å². The van der Waals surface area contributed by atoms with E-state index in [1.165, 1.54) is 11.3 Å². The molecule has 0 radical (unpaired) electrons. The van der Waals surface area contributed by atoms with Gasteiger partial charge in [0.05, 0.1) is 6.20 Å². The molecular formula is C9H9Cl2N3S. The Hall–Kier alpha value is -0.840. The van der Waals surface area contributed by atoms with Crippen LogP contribution >= 0.6 is 22.9 Å². The van der Waals surface area contributed by atoms with Gasteiger partial charge in [-0.2, -0.15) is 4.57 Å². The normalized spacial score (nSPS) is 9.73. The Morgan fingerprint density at radius 1 is 1.47 bits per heavy atom. The van der Waals surface area contributed by atoms with Gasteiger partial charge in [0.25, 0.3) is 0 Å². The zero-order valence-electron chi connectivity index (χ0n) is 7.95. The Morgan fingerprint density at radius 3 is 2.67 bits per heavy atom. The van der Waals surface area contributed by atoms with Crippen LogP contribution in [-0.2, 0) is 0 Å². The highest BCUT2D eigenvalue weighted by molar-refractivity contribution is 7.13. The first-order chi connectivity index (χ1) is 6.68. The first-order valence-corrected chi connectivity index (χ1v) is 5.32. The van der Waals surface area contributed by atoms with Crippen LogP contribution in [0, 0.1) is 6.92 Å². The van der Waals surface area contributed by atoms with Gasteiger partial charge >= 0.3 is 5.13 Å². The number of aromatic nitrogens is 2. The molecule has 15 heavy (non-hydrogen) atoms. The van der Waals surface area contributed by atoms with E-state index >= 15 is 0 Å². The fourth-order valence-corrected chi connectivity index (χ4v) is 2.12. The summed E-state index contributed by atoms with van der Waals surface area (Å²) in [6, 6.07) is 3.64. The molecule has 3 nitrogen and oxygen atoms in total. The van der Waals surface area contributed by atoms with Crippen molar-refractivity contribution in [2.24, 2.45) is 0 Å². The quantitative estimate of drug-likeness (QED) is 0.527. The Balaban J connectivity index is 0.00000112. The number of rotatable bonds is 1. The van der Waals surface area contributed by atoms with Gasteiger partial charge in [-0.25, -0.2) is 4.98 Å². The minimum Gasteiger partial charge on any atom is -1.00 e. The number of anilines is 1. The molecule has 0 spiro atoms. The first-order valence-electron chi connectivity index (χ1n) is 4.06. The van der Waals surface area contributed by atoms with Gasteiger partial charge in [-0.15, -0.1) is 0 Å². The molecule has 0 saturated carbocycles. The van der Waals surface area contributed by atoms with Gasteiger partial charge in [-0.3, -0.25) is 5.73 Å². The van der Waals surface area contributed by atoms with Crippen molar-refractivity contribution >= 4 is 28.1 Å². The average molecular weight is 262 g/mol. The number of hydrogen-bond donors (Lipinski definition) is 1. The molecule has 2 heterocycles. The molecule has 0 saturated heterocycles. The molecule has 0 amide bonds. The second-order valence-corrected chi connectivity index (χ2v) is 4.17.